The summed E-state index contributed by atoms with van der Waals surface area (Å²) in [5, 5.41) is 4.83. The second-order valence-electron chi connectivity index (χ2n) is 5.97. The minimum atomic E-state index is -0.461. The number of rotatable bonds is 5. The molecular formula is C16H20N2O4. The summed E-state index contributed by atoms with van der Waals surface area (Å²) in [6.45, 7) is 5.81. The van der Waals surface area contributed by atoms with E-state index in [4.69, 9.17) is 9.15 Å². The van der Waals surface area contributed by atoms with Crippen LogP contribution in [0.1, 0.15) is 56.9 Å². The highest BCUT2D eigenvalue weighted by molar-refractivity contribution is 5.80. The summed E-state index contributed by atoms with van der Waals surface area (Å²) in [4.78, 5) is 24.2. The maximum atomic E-state index is 12.5. The predicted octanol–water partition coefficient (Wildman–Crippen LogP) is 2.55. The molecule has 6 heteroatoms. The van der Waals surface area contributed by atoms with Crippen molar-refractivity contribution >= 4 is 16.9 Å². The molecule has 2 aromatic heterocycles. The lowest BCUT2D eigenvalue weighted by molar-refractivity contribution is -0.144. The van der Waals surface area contributed by atoms with E-state index >= 15 is 0 Å². The molecule has 0 N–H and O–H groups in total. The van der Waals surface area contributed by atoms with E-state index in [1.165, 1.54) is 4.68 Å². The summed E-state index contributed by atoms with van der Waals surface area (Å²) in [5.74, 6) is 0.904. The van der Waals surface area contributed by atoms with Crippen LogP contribution in [-0.4, -0.2) is 22.4 Å². The van der Waals surface area contributed by atoms with E-state index in [2.05, 4.69) is 5.10 Å². The number of hydrogen-bond acceptors (Lipinski definition) is 5. The highest BCUT2D eigenvalue weighted by atomic mass is 16.5. The molecule has 0 atom stereocenters. The molecule has 0 aliphatic heterocycles. The number of fused-ring (bicyclic) bond motifs is 1. The van der Waals surface area contributed by atoms with Crippen molar-refractivity contribution in [3.05, 3.63) is 27.9 Å². The monoisotopic (exact) mass is 304 g/mol. The largest absolute Gasteiger partial charge is 0.465 e. The fraction of sp³-hybridized carbons (Fsp3) is 0.562. The zero-order chi connectivity index (χ0) is 15.9. The van der Waals surface area contributed by atoms with Gasteiger partial charge in [-0.3, -0.25) is 9.59 Å². The lowest BCUT2D eigenvalue weighted by Crippen LogP contribution is -2.28. The van der Waals surface area contributed by atoms with E-state index in [1.807, 2.05) is 19.9 Å². The van der Waals surface area contributed by atoms with Crippen molar-refractivity contribution in [2.45, 2.75) is 52.0 Å². The van der Waals surface area contributed by atoms with Gasteiger partial charge in [0.2, 0.25) is 0 Å². The maximum absolute atomic E-state index is 12.5. The standard InChI is InChI=1S/C16H20N2O4/c1-4-21-13(19)8-18-16(20)11-7-12(10-5-6-10)22-15(11)14(17-18)9(2)3/h7,9-10H,4-6,8H2,1-3H3. The van der Waals surface area contributed by atoms with Gasteiger partial charge in [0.15, 0.2) is 5.58 Å². The summed E-state index contributed by atoms with van der Waals surface area (Å²) < 4.78 is 12.0. The first-order valence-corrected chi connectivity index (χ1v) is 7.71. The lowest BCUT2D eigenvalue weighted by atomic mass is 10.1. The molecule has 2 aromatic rings. The van der Waals surface area contributed by atoms with Crippen LogP contribution in [0.3, 0.4) is 0 Å². The summed E-state index contributed by atoms with van der Waals surface area (Å²) in [6, 6.07) is 1.81. The Labute approximate surface area is 128 Å². The van der Waals surface area contributed by atoms with Gasteiger partial charge in [-0.05, 0) is 25.8 Å². The van der Waals surface area contributed by atoms with Crippen molar-refractivity contribution in [2.24, 2.45) is 0 Å². The first kappa shape index (κ1) is 14.8. The van der Waals surface area contributed by atoms with Crippen LogP contribution in [0.4, 0.5) is 0 Å². The van der Waals surface area contributed by atoms with Crippen molar-refractivity contribution in [1.82, 2.24) is 9.78 Å². The van der Waals surface area contributed by atoms with E-state index < -0.39 is 5.97 Å². The molecule has 0 unspecified atom stereocenters. The van der Waals surface area contributed by atoms with Crippen molar-refractivity contribution in [2.75, 3.05) is 6.61 Å². The Bertz CT molecular complexity index is 768. The SMILES string of the molecule is CCOC(=O)Cn1nc(C(C)C)c2oc(C3CC3)cc2c1=O. The van der Waals surface area contributed by atoms with Crippen LogP contribution in [0.15, 0.2) is 15.3 Å². The molecule has 6 nitrogen and oxygen atoms in total. The number of carbonyl (C=O) groups excluding carboxylic acids is 1. The Morgan fingerprint density at radius 3 is 2.82 bits per heavy atom. The number of furan rings is 1. The second-order valence-corrected chi connectivity index (χ2v) is 5.97. The van der Waals surface area contributed by atoms with Gasteiger partial charge in [0.05, 0.1) is 12.0 Å². The minimum absolute atomic E-state index is 0.0924. The van der Waals surface area contributed by atoms with Crippen LogP contribution in [0, 0.1) is 0 Å². The van der Waals surface area contributed by atoms with Crippen LogP contribution >= 0.6 is 0 Å². The predicted molar refractivity (Wildman–Crippen MR) is 81.0 cm³/mol. The molecule has 0 amide bonds. The normalized spacial score (nSPS) is 14.7. The molecule has 1 aliphatic carbocycles. The van der Waals surface area contributed by atoms with E-state index in [0.717, 1.165) is 18.6 Å². The fourth-order valence-electron chi connectivity index (χ4n) is 2.50. The van der Waals surface area contributed by atoms with Gasteiger partial charge in [0.25, 0.3) is 5.56 Å². The van der Waals surface area contributed by atoms with Crippen molar-refractivity contribution in [1.29, 1.82) is 0 Å². The Kier molecular flexibility index (Phi) is 3.76. The Balaban J connectivity index is 2.11. The van der Waals surface area contributed by atoms with Gasteiger partial charge in [-0.15, -0.1) is 0 Å². The van der Waals surface area contributed by atoms with E-state index in [9.17, 15) is 9.59 Å². The van der Waals surface area contributed by atoms with Gasteiger partial charge in [-0.1, -0.05) is 13.8 Å². The molecule has 1 saturated carbocycles. The van der Waals surface area contributed by atoms with Gasteiger partial charge in [-0.2, -0.15) is 5.10 Å². The average molecular weight is 304 g/mol. The van der Waals surface area contributed by atoms with Crippen molar-refractivity contribution < 1.29 is 13.9 Å². The molecule has 118 valence electrons. The molecular weight excluding hydrogens is 284 g/mol. The first-order chi connectivity index (χ1) is 10.5. The summed E-state index contributed by atoms with van der Waals surface area (Å²) >= 11 is 0. The van der Waals surface area contributed by atoms with E-state index in [-0.39, 0.29) is 24.6 Å². The molecule has 1 aliphatic rings. The third-order valence-electron chi connectivity index (χ3n) is 3.79. The van der Waals surface area contributed by atoms with Crippen LogP contribution in [0.25, 0.3) is 11.0 Å². The first-order valence-electron chi connectivity index (χ1n) is 7.71. The molecule has 0 saturated heterocycles. The van der Waals surface area contributed by atoms with E-state index in [0.29, 0.717) is 22.6 Å². The topological polar surface area (TPSA) is 74.3 Å². The van der Waals surface area contributed by atoms with Gasteiger partial charge < -0.3 is 9.15 Å². The van der Waals surface area contributed by atoms with E-state index in [1.54, 1.807) is 6.92 Å². The quantitative estimate of drug-likeness (QED) is 0.794. The number of hydrogen-bond donors (Lipinski definition) is 0. The number of nitrogens with zero attached hydrogens (tertiary/aromatic N) is 2. The van der Waals surface area contributed by atoms with Crippen LogP contribution in [0.2, 0.25) is 0 Å². The Morgan fingerprint density at radius 2 is 2.23 bits per heavy atom. The van der Waals surface area contributed by atoms with Crippen molar-refractivity contribution in [3.8, 4) is 0 Å². The molecule has 0 bridgehead atoms. The number of esters is 1. The summed E-state index contributed by atoms with van der Waals surface area (Å²) in [5.41, 5.74) is 0.955. The van der Waals surface area contributed by atoms with Crippen LogP contribution in [0.5, 0.6) is 0 Å². The highest BCUT2D eigenvalue weighted by Gasteiger charge is 2.29. The highest BCUT2D eigenvalue weighted by Crippen LogP contribution is 2.42. The zero-order valence-corrected chi connectivity index (χ0v) is 13.1. The van der Waals surface area contributed by atoms with Gasteiger partial charge in [0, 0.05) is 11.8 Å². The third kappa shape index (κ3) is 2.65. The Hall–Kier alpha value is -2.11. The molecule has 22 heavy (non-hydrogen) atoms. The third-order valence-corrected chi connectivity index (χ3v) is 3.79. The summed E-state index contributed by atoms with van der Waals surface area (Å²) in [7, 11) is 0. The number of aromatic nitrogens is 2. The van der Waals surface area contributed by atoms with Gasteiger partial charge in [0.1, 0.15) is 18.0 Å². The summed E-state index contributed by atoms with van der Waals surface area (Å²) in [6.07, 6.45) is 2.20. The molecule has 0 spiro atoms. The molecule has 0 aromatic carbocycles. The molecule has 0 radical (unpaired) electrons. The lowest BCUT2D eigenvalue weighted by Gasteiger charge is -2.09. The molecule has 2 heterocycles. The Morgan fingerprint density at radius 1 is 1.50 bits per heavy atom. The number of ether oxygens (including phenoxy) is 1. The zero-order valence-electron chi connectivity index (χ0n) is 13.1. The minimum Gasteiger partial charge on any atom is -0.465 e. The van der Waals surface area contributed by atoms with Crippen molar-refractivity contribution in [3.63, 3.8) is 0 Å². The smallest absolute Gasteiger partial charge is 0.327 e. The van der Waals surface area contributed by atoms with Gasteiger partial charge >= 0.3 is 5.97 Å². The molecule has 1 fully saturated rings. The average Bonchev–Trinajstić information content (AvgIpc) is 3.21. The molecule has 3 rings (SSSR count). The maximum Gasteiger partial charge on any atom is 0.327 e. The van der Waals surface area contributed by atoms with Crippen LogP contribution < -0.4 is 5.56 Å². The second kappa shape index (κ2) is 5.59. The fourth-order valence-corrected chi connectivity index (χ4v) is 2.50. The number of carbonyl (C=O) groups is 1. The van der Waals surface area contributed by atoms with Gasteiger partial charge in [-0.25, -0.2) is 4.68 Å². The van der Waals surface area contributed by atoms with Crippen LogP contribution in [-0.2, 0) is 16.1 Å².